The number of anilines is 1. The Balaban J connectivity index is 1.68. The number of carbonyl (C=O) groups is 2. The van der Waals surface area contributed by atoms with E-state index < -0.39 is 15.9 Å². The molecule has 32 heavy (non-hydrogen) atoms. The Morgan fingerprint density at radius 1 is 1.09 bits per heavy atom. The van der Waals surface area contributed by atoms with Gasteiger partial charge in [0.2, 0.25) is 5.91 Å². The number of hydrazine groups is 1. The van der Waals surface area contributed by atoms with Gasteiger partial charge in [-0.2, -0.15) is 0 Å². The predicted molar refractivity (Wildman–Crippen MR) is 120 cm³/mol. The molecule has 0 fully saturated rings. The summed E-state index contributed by atoms with van der Waals surface area (Å²) in [4.78, 5) is 25.8. The third kappa shape index (κ3) is 5.79. The van der Waals surface area contributed by atoms with Gasteiger partial charge in [0.1, 0.15) is 5.75 Å². The molecule has 0 aromatic heterocycles. The molecule has 0 spiro atoms. The highest BCUT2D eigenvalue weighted by Gasteiger charge is 2.19. The van der Waals surface area contributed by atoms with Gasteiger partial charge in [0.05, 0.1) is 22.8 Å². The van der Waals surface area contributed by atoms with E-state index in [4.69, 9.17) is 4.74 Å². The lowest BCUT2D eigenvalue weighted by atomic mass is 10.2. The van der Waals surface area contributed by atoms with Gasteiger partial charge in [0.25, 0.3) is 15.9 Å². The number of nitrogens with zero attached hydrogens (tertiary/aromatic N) is 1. The standard InChI is InChI=1S/C22H26N4O5S/c1-3-31-18-8-10-19(11-9-18)32(29,30)25-21-7-5-4-6-20(21)22(28)24-23-17-12-14-26(15-13-17)16(2)27/h4-12,23,25H,3,13-15H2,1-2H3,(H,24,28). The Hall–Kier alpha value is -3.53. The number of para-hydroxylation sites is 1. The zero-order chi connectivity index (χ0) is 23.1. The molecule has 2 amide bonds. The van der Waals surface area contributed by atoms with Gasteiger partial charge in [-0.05, 0) is 49.4 Å². The van der Waals surface area contributed by atoms with Gasteiger partial charge in [-0.3, -0.25) is 19.7 Å². The van der Waals surface area contributed by atoms with Crippen molar-refractivity contribution >= 4 is 27.5 Å². The van der Waals surface area contributed by atoms with Gasteiger partial charge >= 0.3 is 0 Å². The fraction of sp³-hybridized carbons (Fsp3) is 0.273. The first kappa shape index (κ1) is 23.1. The smallest absolute Gasteiger partial charge is 0.271 e. The predicted octanol–water partition coefficient (Wildman–Crippen LogP) is 2.26. The van der Waals surface area contributed by atoms with Crippen LogP contribution in [0.1, 0.15) is 30.6 Å². The molecule has 9 nitrogen and oxygen atoms in total. The van der Waals surface area contributed by atoms with E-state index in [0.717, 1.165) is 5.70 Å². The Labute approximate surface area is 187 Å². The average molecular weight is 459 g/mol. The molecule has 1 aliphatic heterocycles. The van der Waals surface area contributed by atoms with E-state index in [0.29, 0.717) is 31.9 Å². The summed E-state index contributed by atoms with van der Waals surface area (Å²) in [6.45, 7) is 4.86. The number of hydrogen-bond donors (Lipinski definition) is 3. The second-order valence-corrected chi connectivity index (χ2v) is 8.76. The third-order valence-corrected chi connectivity index (χ3v) is 6.23. The Kier molecular flexibility index (Phi) is 7.37. The number of nitrogens with one attached hydrogen (secondary N) is 3. The van der Waals surface area contributed by atoms with E-state index in [-0.39, 0.29) is 22.1 Å². The Morgan fingerprint density at radius 2 is 1.81 bits per heavy atom. The summed E-state index contributed by atoms with van der Waals surface area (Å²) in [5, 5.41) is 0. The first-order valence-corrected chi connectivity index (χ1v) is 11.6. The molecule has 0 unspecified atom stereocenters. The van der Waals surface area contributed by atoms with Gasteiger partial charge in [-0.25, -0.2) is 8.42 Å². The molecule has 0 atom stereocenters. The van der Waals surface area contributed by atoms with Crippen molar-refractivity contribution in [1.29, 1.82) is 0 Å². The van der Waals surface area contributed by atoms with Crippen LogP contribution in [0.3, 0.4) is 0 Å². The van der Waals surface area contributed by atoms with Crippen LogP contribution in [0.5, 0.6) is 5.75 Å². The third-order valence-electron chi connectivity index (χ3n) is 4.85. The molecule has 2 aromatic carbocycles. The zero-order valence-electron chi connectivity index (χ0n) is 17.9. The Bertz CT molecular complexity index is 1110. The first-order chi connectivity index (χ1) is 15.3. The highest BCUT2D eigenvalue weighted by Crippen LogP contribution is 2.22. The molecule has 1 heterocycles. The summed E-state index contributed by atoms with van der Waals surface area (Å²) in [7, 11) is -3.91. The molecule has 0 saturated heterocycles. The van der Waals surface area contributed by atoms with Crippen molar-refractivity contribution in [2.24, 2.45) is 0 Å². The van der Waals surface area contributed by atoms with Crippen LogP contribution < -0.4 is 20.3 Å². The van der Waals surface area contributed by atoms with Crippen LogP contribution >= 0.6 is 0 Å². The summed E-state index contributed by atoms with van der Waals surface area (Å²) < 4.78 is 33.4. The number of ether oxygens (including phenoxy) is 1. The summed E-state index contributed by atoms with van der Waals surface area (Å²) >= 11 is 0. The van der Waals surface area contributed by atoms with Crippen LogP contribution in [0.4, 0.5) is 5.69 Å². The summed E-state index contributed by atoms with van der Waals surface area (Å²) in [5.41, 5.74) is 6.54. The fourth-order valence-corrected chi connectivity index (χ4v) is 4.21. The summed E-state index contributed by atoms with van der Waals surface area (Å²) in [6, 6.07) is 12.4. The van der Waals surface area contributed by atoms with Gasteiger partial charge < -0.3 is 15.1 Å². The van der Waals surface area contributed by atoms with Crippen molar-refractivity contribution < 1.29 is 22.7 Å². The minimum atomic E-state index is -3.91. The molecular weight excluding hydrogens is 432 g/mol. The van der Waals surface area contributed by atoms with Gasteiger partial charge in [0, 0.05) is 32.1 Å². The van der Waals surface area contributed by atoms with Crippen molar-refractivity contribution in [2.45, 2.75) is 25.2 Å². The molecule has 170 valence electrons. The quantitative estimate of drug-likeness (QED) is 0.523. The minimum Gasteiger partial charge on any atom is -0.494 e. The second kappa shape index (κ2) is 10.2. The summed E-state index contributed by atoms with van der Waals surface area (Å²) in [6.07, 6.45) is 2.40. The van der Waals surface area contributed by atoms with Crippen LogP contribution in [0.25, 0.3) is 0 Å². The lowest BCUT2D eigenvalue weighted by molar-refractivity contribution is -0.128. The number of rotatable bonds is 8. The van der Waals surface area contributed by atoms with E-state index in [1.807, 2.05) is 13.0 Å². The summed E-state index contributed by atoms with van der Waals surface area (Å²) in [5.74, 6) is 0.0729. The maximum absolute atomic E-state index is 12.8. The molecule has 0 saturated carbocycles. The van der Waals surface area contributed by atoms with Crippen molar-refractivity contribution in [3.8, 4) is 5.75 Å². The van der Waals surface area contributed by atoms with Crippen molar-refractivity contribution in [2.75, 3.05) is 24.4 Å². The number of amides is 2. The number of benzene rings is 2. The fourth-order valence-electron chi connectivity index (χ4n) is 3.13. The largest absolute Gasteiger partial charge is 0.494 e. The molecular formula is C22H26N4O5S. The molecule has 0 bridgehead atoms. The molecule has 3 N–H and O–H groups in total. The first-order valence-electron chi connectivity index (χ1n) is 10.2. The SMILES string of the molecule is CCOc1ccc(S(=O)(=O)Nc2ccccc2C(=O)NNC2=CCN(C(C)=O)CC2)cc1. The van der Waals surface area contributed by atoms with Gasteiger partial charge in [-0.15, -0.1) is 0 Å². The number of sulfonamides is 1. The topological polar surface area (TPSA) is 117 Å². The molecule has 0 radical (unpaired) electrons. The van der Waals surface area contributed by atoms with E-state index >= 15 is 0 Å². The van der Waals surface area contributed by atoms with Gasteiger partial charge in [0.15, 0.2) is 0 Å². The highest BCUT2D eigenvalue weighted by atomic mass is 32.2. The lowest BCUT2D eigenvalue weighted by Crippen LogP contribution is -2.41. The minimum absolute atomic E-state index is 0.00178. The van der Waals surface area contributed by atoms with E-state index in [2.05, 4.69) is 15.6 Å². The van der Waals surface area contributed by atoms with Crippen molar-refractivity contribution in [1.82, 2.24) is 15.8 Å². The highest BCUT2D eigenvalue weighted by molar-refractivity contribution is 7.92. The average Bonchev–Trinajstić information content (AvgIpc) is 2.78. The monoisotopic (exact) mass is 458 g/mol. The maximum Gasteiger partial charge on any atom is 0.271 e. The van der Waals surface area contributed by atoms with Crippen LogP contribution in [-0.2, 0) is 14.8 Å². The Morgan fingerprint density at radius 3 is 2.44 bits per heavy atom. The number of hydrogen-bond acceptors (Lipinski definition) is 6. The molecule has 1 aliphatic rings. The van der Waals surface area contributed by atoms with Crippen molar-refractivity contribution in [3.05, 3.63) is 65.9 Å². The molecule has 0 aliphatic carbocycles. The number of carbonyl (C=O) groups excluding carboxylic acids is 2. The molecule has 2 aromatic rings. The van der Waals surface area contributed by atoms with Crippen molar-refractivity contribution in [3.63, 3.8) is 0 Å². The van der Waals surface area contributed by atoms with Crippen LogP contribution in [0.15, 0.2) is 65.2 Å². The normalized spacial score (nSPS) is 13.7. The van der Waals surface area contributed by atoms with Crippen LogP contribution in [0.2, 0.25) is 0 Å². The zero-order valence-corrected chi connectivity index (χ0v) is 18.7. The van der Waals surface area contributed by atoms with Gasteiger partial charge in [-0.1, -0.05) is 12.1 Å². The van der Waals surface area contributed by atoms with Crippen LogP contribution in [-0.4, -0.2) is 44.8 Å². The van der Waals surface area contributed by atoms with E-state index in [9.17, 15) is 18.0 Å². The lowest BCUT2D eigenvalue weighted by Gasteiger charge is -2.26. The maximum atomic E-state index is 12.8. The second-order valence-electron chi connectivity index (χ2n) is 7.08. The van der Waals surface area contributed by atoms with E-state index in [1.54, 1.807) is 29.2 Å². The van der Waals surface area contributed by atoms with Crippen LogP contribution in [0, 0.1) is 0 Å². The molecule has 10 heteroatoms. The van der Waals surface area contributed by atoms with E-state index in [1.165, 1.54) is 31.2 Å². The molecule has 3 rings (SSSR count).